The average molecular weight is 395 g/mol. The molecule has 152 valence electrons. The Morgan fingerprint density at radius 1 is 0.966 bits per heavy atom. The van der Waals surface area contributed by atoms with Gasteiger partial charge in [0.05, 0.1) is 17.7 Å². The Kier molecular flexibility index (Phi) is 5.53. The van der Waals surface area contributed by atoms with Crippen LogP contribution in [0.15, 0.2) is 42.5 Å². The number of hydrogen-bond donors (Lipinski definition) is 2. The van der Waals surface area contributed by atoms with Crippen LogP contribution >= 0.6 is 0 Å². The van der Waals surface area contributed by atoms with Gasteiger partial charge >= 0.3 is 0 Å². The van der Waals surface area contributed by atoms with Crippen LogP contribution in [0.5, 0.6) is 11.5 Å². The summed E-state index contributed by atoms with van der Waals surface area (Å²) in [6.07, 6.45) is 3.97. The Morgan fingerprint density at radius 3 is 2.45 bits per heavy atom. The molecule has 1 saturated carbocycles. The molecule has 2 aliphatic rings. The molecule has 1 heterocycles. The van der Waals surface area contributed by atoms with E-state index in [4.69, 9.17) is 4.74 Å². The third-order valence-corrected chi connectivity index (χ3v) is 5.97. The Balaban J connectivity index is 1.41. The average Bonchev–Trinajstić information content (AvgIpc) is 2.98. The highest BCUT2D eigenvalue weighted by Gasteiger charge is 2.36. The number of imide groups is 1. The first-order valence-corrected chi connectivity index (χ1v) is 10.1. The quantitative estimate of drug-likeness (QED) is 0.733. The Hall–Kier alpha value is -2.86. The van der Waals surface area contributed by atoms with Gasteiger partial charge in [0.1, 0.15) is 18.1 Å². The number of benzene rings is 2. The van der Waals surface area contributed by atoms with E-state index in [2.05, 4.69) is 0 Å². The summed E-state index contributed by atoms with van der Waals surface area (Å²) in [4.78, 5) is 26.7. The predicted octanol–water partition coefficient (Wildman–Crippen LogP) is 3.33. The summed E-state index contributed by atoms with van der Waals surface area (Å²) in [5, 5.41) is 18.8. The van der Waals surface area contributed by atoms with E-state index < -0.39 is 0 Å². The summed E-state index contributed by atoms with van der Waals surface area (Å²) in [5.41, 5.74) is 2.01. The highest BCUT2D eigenvalue weighted by atomic mass is 16.5. The van der Waals surface area contributed by atoms with Gasteiger partial charge in [0, 0.05) is 12.7 Å². The molecule has 29 heavy (non-hydrogen) atoms. The number of carbonyl (C=O) groups excluding carboxylic acids is 2. The molecule has 2 N–H and O–H groups in total. The van der Waals surface area contributed by atoms with E-state index >= 15 is 0 Å². The maximum Gasteiger partial charge on any atom is 0.261 e. The van der Waals surface area contributed by atoms with Crippen LogP contribution in [0.2, 0.25) is 0 Å². The molecule has 2 aromatic carbocycles. The second-order valence-electron chi connectivity index (χ2n) is 7.81. The molecule has 2 aromatic rings. The van der Waals surface area contributed by atoms with Gasteiger partial charge < -0.3 is 14.9 Å². The lowest BCUT2D eigenvalue weighted by atomic mass is 9.78. The maximum atomic E-state index is 12.8. The van der Waals surface area contributed by atoms with Crippen LogP contribution < -0.4 is 4.74 Å². The van der Waals surface area contributed by atoms with Gasteiger partial charge in [0.25, 0.3) is 11.8 Å². The number of fused-ring (bicyclic) bond motifs is 1. The number of hydrogen-bond acceptors (Lipinski definition) is 5. The van der Waals surface area contributed by atoms with Crippen molar-refractivity contribution in [2.45, 2.75) is 31.6 Å². The van der Waals surface area contributed by atoms with Crippen molar-refractivity contribution in [3.8, 4) is 11.5 Å². The van der Waals surface area contributed by atoms with Crippen molar-refractivity contribution < 1.29 is 24.5 Å². The van der Waals surface area contributed by atoms with Crippen LogP contribution in [0.4, 0.5) is 0 Å². The van der Waals surface area contributed by atoms with Gasteiger partial charge in [0.2, 0.25) is 0 Å². The van der Waals surface area contributed by atoms with Crippen molar-refractivity contribution in [1.82, 2.24) is 4.90 Å². The molecule has 0 saturated heterocycles. The van der Waals surface area contributed by atoms with Crippen molar-refractivity contribution in [3.05, 3.63) is 59.2 Å². The number of nitrogens with zero attached hydrogens (tertiary/aromatic N) is 1. The second-order valence-corrected chi connectivity index (χ2v) is 7.81. The van der Waals surface area contributed by atoms with Crippen LogP contribution in [0, 0.1) is 5.92 Å². The normalized spacial score (nSPS) is 21.3. The molecule has 0 atom stereocenters. The van der Waals surface area contributed by atoms with Crippen molar-refractivity contribution >= 4 is 11.8 Å². The van der Waals surface area contributed by atoms with E-state index in [0.29, 0.717) is 28.7 Å². The number of carbonyl (C=O) groups is 2. The van der Waals surface area contributed by atoms with E-state index in [1.807, 2.05) is 12.1 Å². The van der Waals surface area contributed by atoms with E-state index in [1.165, 1.54) is 11.0 Å². The summed E-state index contributed by atoms with van der Waals surface area (Å²) in [5.74, 6) is 0.765. The molecule has 6 heteroatoms. The van der Waals surface area contributed by atoms with Crippen LogP contribution in [0.3, 0.4) is 0 Å². The van der Waals surface area contributed by atoms with Gasteiger partial charge in [-0.1, -0.05) is 12.1 Å². The molecule has 0 aromatic heterocycles. The predicted molar refractivity (Wildman–Crippen MR) is 107 cm³/mol. The monoisotopic (exact) mass is 395 g/mol. The van der Waals surface area contributed by atoms with Crippen molar-refractivity contribution in [2.24, 2.45) is 5.92 Å². The molecule has 0 spiro atoms. The molecule has 4 rings (SSSR count). The highest BCUT2D eigenvalue weighted by Crippen LogP contribution is 2.37. The van der Waals surface area contributed by atoms with Crippen LogP contribution in [-0.2, 0) is 0 Å². The first-order valence-electron chi connectivity index (χ1n) is 10.1. The molecule has 0 unspecified atom stereocenters. The Labute approximate surface area is 169 Å². The minimum Gasteiger partial charge on any atom is -0.508 e. The largest absolute Gasteiger partial charge is 0.508 e. The number of aliphatic hydroxyl groups is 1. The number of ether oxygens (including phenoxy) is 1. The number of phenolic OH excluding ortho intramolecular Hbond substituents is 1. The standard InChI is InChI=1S/C23H25NO5/c25-14-15-4-6-16(7-5-15)17-8-9-20-21(12-17)23(28)24(22(20)27)10-11-29-19-3-1-2-18(26)13-19/h1-3,8-9,12-13,15-16,25-26H,4-7,10-11,14H2. The first kappa shape index (κ1) is 19.5. The molecular formula is C23H25NO5. The zero-order valence-corrected chi connectivity index (χ0v) is 16.2. The van der Waals surface area contributed by atoms with Crippen LogP contribution in [0.25, 0.3) is 0 Å². The van der Waals surface area contributed by atoms with E-state index in [1.54, 1.807) is 24.3 Å². The fourth-order valence-electron chi connectivity index (χ4n) is 4.27. The molecule has 0 radical (unpaired) electrons. The second kappa shape index (κ2) is 8.25. The van der Waals surface area contributed by atoms with Gasteiger partial charge in [-0.3, -0.25) is 14.5 Å². The smallest absolute Gasteiger partial charge is 0.261 e. The van der Waals surface area contributed by atoms with Crippen molar-refractivity contribution in [1.29, 1.82) is 0 Å². The summed E-state index contributed by atoms with van der Waals surface area (Å²) >= 11 is 0. The topological polar surface area (TPSA) is 87.1 Å². The Bertz CT molecular complexity index is 917. The van der Waals surface area contributed by atoms with Crippen molar-refractivity contribution in [3.63, 3.8) is 0 Å². The lowest BCUT2D eigenvalue weighted by molar-refractivity contribution is 0.0631. The maximum absolute atomic E-state index is 12.8. The summed E-state index contributed by atoms with van der Waals surface area (Å²) in [7, 11) is 0. The number of aliphatic hydroxyl groups excluding tert-OH is 1. The highest BCUT2D eigenvalue weighted by molar-refractivity contribution is 6.21. The molecule has 0 bridgehead atoms. The Morgan fingerprint density at radius 2 is 1.72 bits per heavy atom. The number of phenols is 1. The molecule has 1 fully saturated rings. The minimum atomic E-state index is -0.292. The summed E-state index contributed by atoms with van der Waals surface area (Å²) < 4.78 is 5.56. The fraction of sp³-hybridized carbons (Fsp3) is 0.391. The van der Waals surface area contributed by atoms with E-state index in [0.717, 1.165) is 31.2 Å². The first-order chi connectivity index (χ1) is 14.1. The summed E-state index contributed by atoms with van der Waals surface area (Å²) in [6, 6.07) is 12.0. The number of amides is 2. The zero-order chi connectivity index (χ0) is 20.4. The minimum absolute atomic E-state index is 0.101. The lowest BCUT2D eigenvalue weighted by Crippen LogP contribution is -2.33. The van der Waals surface area contributed by atoms with Gasteiger partial charge in [-0.25, -0.2) is 0 Å². The van der Waals surface area contributed by atoms with Gasteiger partial charge in [-0.05, 0) is 67.3 Å². The SMILES string of the molecule is O=C1c2ccc(C3CCC(CO)CC3)cc2C(=O)N1CCOc1cccc(O)c1. The third-order valence-electron chi connectivity index (χ3n) is 5.97. The van der Waals surface area contributed by atoms with Gasteiger partial charge in [-0.15, -0.1) is 0 Å². The molecule has 1 aliphatic carbocycles. The van der Waals surface area contributed by atoms with Gasteiger partial charge in [0.15, 0.2) is 0 Å². The lowest BCUT2D eigenvalue weighted by Gasteiger charge is -2.27. The molecule has 6 nitrogen and oxygen atoms in total. The van der Waals surface area contributed by atoms with Gasteiger partial charge in [-0.2, -0.15) is 0 Å². The molecule has 2 amide bonds. The van der Waals surface area contributed by atoms with E-state index in [9.17, 15) is 19.8 Å². The zero-order valence-electron chi connectivity index (χ0n) is 16.2. The van der Waals surface area contributed by atoms with E-state index in [-0.39, 0.29) is 37.3 Å². The number of aromatic hydroxyl groups is 1. The summed E-state index contributed by atoms with van der Waals surface area (Å²) in [6.45, 7) is 0.551. The van der Waals surface area contributed by atoms with Crippen LogP contribution in [0.1, 0.15) is 57.9 Å². The number of rotatable bonds is 6. The van der Waals surface area contributed by atoms with Crippen molar-refractivity contribution in [2.75, 3.05) is 19.8 Å². The molecular weight excluding hydrogens is 370 g/mol. The molecule has 1 aliphatic heterocycles. The fourth-order valence-corrected chi connectivity index (χ4v) is 4.27. The van der Waals surface area contributed by atoms with Crippen LogP contribution in [-0.4, -0.2) is 46.7 Å². The third kappa shape index (κ3) is 3.98.